The molecule has 1 atom stereocenters. The number of nitro benzene ring substituents is 1. The van der Waals surface area contributed by atoms with Gasteiger partial charge in [0.2, 0.25) is 0 Å². The maximum Gasteiger partial charge on any atom is 0.399 e. The molecule has 0 spiro atoms. The van der Waals surface area contributed by atoms with Crippen LogP contribution in [0.25, 0.3) is 6.08 Å². The highest BCUT2D eigenvalue weighted by Crippen LogP contribution is 2.39. The molecule has 0 N–H and O–H groups in total. The van der Waals surface area contributed by atoms with Crippen LogP contribution in [0, 0.1) is 15.9 Å². The topological polar surface area (TPSA) is 69.4 Å². The highest BCUT2D eigenvalue weighted by Gasteiger charge is 2.39. The molecular formula is C19H13Cl2F4NO4. The Morgan fingerprint density at radius 2 is 1.83 bits per heavy atom. The van der Waals surface area contributed by atoms with Crippen LogP contribution in [-0.4, -0.2) is 23.7 Å². The van der Waals surface area contributed by atoms with E-state index < -0.39 is 50.1 Å². The van der Waals surface area contributed by atoms with Crippen LogP contribution in [0.3, 0.4) is 0 Å². The van der Waals surface area contributed by atoms with Crippen molar-refractivity contribution >= 4 is 40.9 Å². The summed E-state index contributed by atoms with van der Waals surface area (Å²) >= 11 is 11.2. The minimum atomic E-state index is -4.78. The summed E-state index contributed by atoms with van der Waals surface area (Å²) in [5, 5.41) is 10.1. The van der Waals surface area contributed by atoms with Crippen molar-refractivity contribution < 1.29 is 32.0 Å². The maximum atomic E-state index is 13.5. The van der Waals surface area contributed by atoms with Crippen molar-refractivity contribution in [3.63, 3.8) is 0 Å². The van der Waals surface area contributed by atoms with E-state index in [1.807, 2.05) is 0 Å². The van der Waals surface area contributed by atoms with Gasteiger partial charge in [-0.05, 0) is 36.2 Å². The third kappa shape index (κ3) is 5.48. The lowest BCUT2D eigenvalue weighted by molar-refractivity contribution is -0.385. The van der Waals surface area contributed by atoms with Crippen molar-refractivity contribution in [2.75, 3.05) is 6.61 Å². The highest BCUT2D eigenvalue weighted by molar-refractivity contribution is 6.35. The maximum absolute atomic E-state index is 13.5. The van der Waals surface area contributed by atoms with E-state index in [1.54, 1.807) is 0 Å². The number of ether oxygens (including phenoxy) is 1. The molecule has 2 aromatic carbocycles. The van der Waals surface area contributed by atoms with Gasteiger partial charge < -0.3 is 4.74 Å². The minimum Gasteiger partial charge on any atom is -0.462 e. The molecule has 0 aliphatic rings. The number of esters is 1. The standard InChI is InChI=1S/C19H13Cl2F4NO4/c1-2-30-18(27)12-5-3-10(7-16(12)26(28)29)4-6-13(19(23,24)25)11-8-14(20)17(22)15(21)9-11/h3-9,13H,2H2,1H3. The Morgan fingerprint density at radius 3 is 2.33 bits per heavy atom. The summed E-state index contributed by atoms with van der Waals surface area (Å²) in [6.07, 6.45) is -3.06. The number of hydrogen-bond donors (Lipinski definition) is 0. The van der Waals surface area contributed by atoms with Gasteiger partial charge in [-0.25, -0.2) is 9.18 Å². The van der Waals surface area contributed by atoms with Crippen LogP contribution >= 0.6 is 23.2 Å². The van der Waals surface area contributed by atoms with Gasteiger partial charge in [0.1, 0.15) is 5.56 Å². The molecule has 5 nitrogen and oxygen atoms in total. The molecule has 0 fully saturated rings. The molecular weight excluding hydrogens is 453 g/mol. The summed E-state index contributed by atoms with van der Waals surface area (Å²) in [7, 11) is 0. The van der Waals surface area contributed by atoms with E-state index in [2.05, 4.69) is 0 Å². The van der Waals surface area contributed by atoms with E-state index in [4.69, 9.17) is 27.9 Å². The van der Waals surface area contributed by atoms with E-state index in [1.165, 1.54) is 13.0 Å². The molecule has 0 aliphatic heterocycles. The molecule has 0 heterocycles. The number of nitro groups is 1. The lowest BCUT2D eigenvalue weighted by atomic mass is 9.96. The Kier molecular flexibility index (Phi) is 7.44. The van der Waals surface area contributed by atoms with E-state index in [0.29, 0.717) is 0 Å². The molecule has 1 unspecified atom stereocenters. The van der Waals surface area contributed by atoms with E-state index in [0.717, 1.165) is 36.4 Å². The molecule has 11 heteroatoms. The molecule has 0 saturated heterocycles. The molecule has 2 aromatic rings. The van der Waals surface area contributed by atoms with E-state index in [-0.39, 0.29) is 17.7 Å². The van der Waals surface area contributed by atoms with Gasteiger partial charge in [0.15, 0.2) is 5.82 Å². The average Bonchev–Trinajstić information content (AvgIpc) is 2.65. The molecule has 0 bridgehead atoms. The molecule has 0 aliphatic carbocycles. The molecule has 0 aromatic heterocycles. The molecule has 0 radical (unpaired) electrons. The number of nitrogens with zero attached hydrogens (tertiary/aromatic N) is 1. The van der Waals surface area contributed by atoms with Crippen molar-refractivity contribution in [3.05, 3.63) is 79.1 Å². The predicted octanol–water partition coefficient (Wildman–Crippen LogP) is 6.58. The fraction of sp³-hybridized carbons (Fsp3) is 0.211. The van der Waals surface area contributed by atoms with Gasteiger partial charge in [0.05, 0.1) is 27.5 Å². The first-order valence-electron chi connectivity index (χ1n) is 8.30. The monoisotopic (exact) mass is 465 g/mol. The number of carbonyl (C=O) groups excluding carboxylic acids is 1. The van der Waals surface area contributed by atoms with Crippen LogP contribution in [0.5, 0.6) is 0 Å². The number of allylic oxidation sites excluding steroid dienone is 1. The van der Waals surface area contributed by atoms with Crippen LogP contribution in [0.4, 0.5) is 23.2 Å². The lowest BCUT2D eigenvalue weighted by Crippen LogP contribution is -2.19. The van der Waals surface area contributed by atoms with Crippen molar-refractivity contribution in [1.29, 1.82) is 0 Å². The highest BCUT2D eigenvalue weighted by atomic mass is 35.5. The quantitative estimate of drug-likeness (QED) is 0.159. The van der Waals surface area contributed by atoms with E-state index in [9.17, 15) is 32.5 Å². The second kappa shape index (κ2) is 9.44. The summed E-state index contributed by atoms with van der Waals surface area (Å²) in [6, 6.07) is 4.87. The second-order valence-electron chi connectivity index (χ2n) is 5.93. The Bertz CT molecular complexity index is 986. The summed E-state index contributed by atoms with van der Waals surface area (Å²) < 4.78 is 58.9. The smallest absolute Gasteiger partial charge is 0.399 e. The summed E-state index contributed by atoms with van der Waals surface area (Å²) in [5.41, 5.74) is -1.33. The Balaban J connectivity index is 2.47. The largest absolute Gasteiger partial charge is 0.462 e. The van der Waals surface area contributed by atoms with Crippen molar-refractivity contribution in [3.8, 4) is 0 Å². The van der Waals surface area contributed by atoms with Gasteiger partial charge >= 0.3 is 12.1 Å². The van der Waals surface area contributed by atoms with Crippen LogP contribution < -0.4 is 0 Å². The summed E-state index contributed by atoms with van der Waals surface area (Å²) in [5.74, 6) is -4.18. The Morgan fingerprint density at radius 1 is 1.23 bits per heavy atom. The van der Waals surface area contributed by atoms with Crippen molar-refractivity contribution in [1.82, 2.24) is 0 Å². The van der Waals surface area contributed by atoms with E-state index >= 15 is 0 Å². The summed E-state index contributed by atoms with van der Waals surface area (Å²) in [4.78, 5) is 22.2. The van der Waals surface area contributed by atoms with Crippen LogP contribution in [-0.2, 0) is 4.74 Å². The lowest BCUT2D eigenvalue weighted by Gasteiger charge is -2.18. The number of alkyl halides is 3. The van der Waals surface area contributed by atoms with Crippen LogP contribution in [0.1, 0.15) is 34.3 Å². The zero-order valence-electron chi connectivity index (χ0n) is 15.2. The first-order chi connectivity index (χ1) is 14.0. The van der Waals surface area contributed by atoms with Crippen molar-refractivity contribution in [2.24, 2.45) is 0 Å². The SMILES string of the molecule is CCOC(=O)c1ccc(C=CC(c2cc(Cl)c(F)c(Cl)c2)C(F)(F)F)cc1[N+](=O)[O-]. The van der Waals surface area contributed by atoms with Gasteiger partial charge in [-0.15, -0.1) is 0 Å². The normalized spacial score (nSPS) is 12.8. The Labute approximate surface area is 178 Å². The fourth-order valence-electron chi connectivity index (χ4n) is 2.56. The molecule has 2 rings (SSSR count). The average molecular weight is 466 g/mol. The van der Waals surface area contributed by atoms with Crippen LogP contribution in [0.2, 0.25) is 10.0 Å². The zero-order chi connectivity index (χ0) is 22.6. The first kappa shape index (κ1) is 23.6. The van der Waals surface area contributed by atoms with Gasteiger partial charge in [-0.2, -0.15) is 13.2 Å². The van der Waals surface area contributed by atoms with Gasteiger partial charge in [-0.1, -0.05) is 41.4 Å². The first-order valence-corrected chi connectivity index (χ1v) is 9.06. The minimum absolute atomic E-state index is 0.00626. The molecule has 0 saturated carbocycles. The Hall–Kier alpha value is -2.65. The molecule has 160 valence electrons. The van der Waals surface area contributed by atoms with Gasteiger partial charge in [0, 0.05) is 6.07 Å². The van der Waals surface area contributed by atoms with Crippen LogP contribution in [0.15, 0.2) is 36.4 Å². The number of hydrogen-bond acceptors (Lipinski definition) is 4. The number of benzene rings is 2. The third-order valence-electron chi connectivity index (χ3n) is 3.91. The molecule has 30 heavy (non-hydrogen) atoms. The predicted molar refractivity (Wildman–Crippen MR) is 103 cm³/mol. The van der Waals surface area contributed by atoms with Gasteiger partial charge in [-0.3, -0.25) is 10.1 Å². The molecule has 0 amide bonds. The number of halogens is 6. The zero-order valence-corrected chi connectivity index (χ0v) is 16.7. The second-order valence-corrected chi connectivity index (χ2v) is 6.75. The summed E-state index contributed by atoms with van der Waals surface area (Å²) in [6.45, 7) is 1.51. The van der Waals surface area contributed by atoms with Crippen molar-refractivity contribution in [2.45, 2.75) is 19.0 Å². The van der Waals surface area contributed by atoms with Gasteiger partial charge in [0.25, 0.3) is 5.69 Å². The third-order valence-corrected chi connectivity index (χ3v) is 4.46. The fourth-order valence-corrected chi connectivity index (χ4v) is 3.06. The number of carbonyl (C=O) groups is 1. The number of rotatable bonds is 6.